The lowest BCUT2D eigenvalue weighted by Gasteiger charge is -2.07. The van der Waals surface area contributed by atoms with Crippen molar-refractivity contribution in [1.29, 1.82) is 0 Å². The number of aromatic nitrogens is 1. The van der Waals surface area contributed by atoms with Crippen molar-refractivity contribution in [3.63, 3.8) is 0 Å². The Morgan fingerprint density at radius 2 is 2.00 bits per heavy atom. The van der Waals surface area contributed by atoms with Gasteiger partial charge in [0.1, 0.15) is 10.7 Å². The van der Waals surface area contributed by atoms with Gasteiger partial charge in [-0.05, 0) is 35.0 Å². The third-order valence-electron chi connectivity index (χ3n) is 2.59. The number of thiazole rings is 1. The fourth-order valence-electron chi connectivity index (χ4n) is 1.66. The molecule has 10 heteroatoms. The van der Waals surface area contributed by atoms with E-state index in [-0.39, 0.29) is 15.4 Å². The van der Waals surface area contributed by atoms with E-state index in [1.54, 1.807) is 6.92 Å². The van der Waals surface area contributed by atoms with Gasteiger partial charge in [-0.3, -0.25) is 9.52 Å². The molecule has 2 aromatic rings. The minimum absolute atomic E-state index is 0.0949. The van der Waals surface area contributed by atoms with Gasteiger partial charge in [0.25, 0.3) is 10.0 Å². The highest BCUT2D eigenvalue weighted by Crippen LogP contribution is 2.28. The topological polar surface area (TPSA) is 76.1 Å². The molecule has 0 unspecified atom stereocenters. The fraction of sp³-hybridized carbons (Fsp3) is 0.167. The number of nitrogens with one attached hydrogen (secondary N) is 1. The van der Waals surface area contributed by atoms with Crippen molar-refractivity contribution < 1.29 is 22.0 Å². The molecule has 0 aliphatic rings. The second kappa shape index (κ2) is 6.01. The molecule has 0 spiro atoms. The number of nitrogens with zero attached hydrogens (tertiary/aromatic N) is 1. The molecule has 0 bridgehead atoms. The van der Waals surface area contributed by atoms with Crippen LogP contribution in [-0.2, 0) is 10.0 Å². The van der Waals surface area contributed by atoms with Crippen molar-refractivity contribution >= 4 is 48.2 Å². The Morgan fingerprint density at radius 1 is 1.36 bits per heavy atom. The number of benzene rings is 1. The Morgan fingerprint density at radius 3 is 2.55 bits per heavy atom. The first-order chi connectivity index (χ1) is 10.1. The molecule has 0 aliphatic carbocycles. The van der Waals surface area contributed by atoms with Crippen LogP contribution in [0.15, 0.2) is 21.5 Å². The smallest absolute Gasteiger partial charge is 0.266 e. The number of hydrogen-bond donors (Lipinski definition) is 1. The summed E-state index contributed by atoms with van der Waals surface area (Å²) in [4.78, 5) is 14.7. The third-order valence-corrected chi connectivity index (χ3v) is 5.81. The number of rotatable bonds is 4. The number of anilines is 1. The summed E-state index contributed by atoms with van der Waals surface area (Å²) in [5.74, 6) is -2.29. The Kier molecular flexibility index (Phi) is 4.64. The van der Waals surface area contributed by atoms with E-state index < -0.39 is 26.6 Å². The molecular weight excluding hydrogens is 402 g/mol. The second-order valence-electron chi connectivity index (χ2n) is 4.29. The Hall–Kier alpha value is -1.39. The van der Waals surface area contributed by atoms with Crippen molar-refractivity contribution in [3.8, 4) is 0 Å². The molecule has 0 saturated carbocycles. The average Bonchev–Trinajstić information content (AvgIpc) is 2.73. The second-order valence-corrected chi connectivity index (χ2v) is 7.80. The quantitative estimate of drug-likeness (QED) is 0.617. The van der Waals surface area contributed by atoms with E-state index in [0.29, 0.717) is 16.6 Å². The van der Waals surface area contributed by atoms with E-state index >= 15 is 0 Å². The van der Waals surface area contributed by atoms with E-state index in [2.05, 4.69) is 20.9 Å². The minimum atomic E-state index is -4.38. The van der Waals surface area contributed by atoms with Gasteiger partial charge >= 0.3 is 0 Å². The lowest BCUT2D eigenvalue weighted by atomic mass is 10.3. The normalized spacial score (nSPS) is 11.5. The first kappa shape index (κ1) is 17.0. The highest BCUT2D eigenvalue weighted by atomic mass is 79.9. The van der Waals surface area contributed by atoms with E-state index in [0.717, 1.165) is 17.4 Å². The predicted molar refractivity (Wildman–Crippen MR) is 81.7 cm³/mol. The van der Waals surface area contributed by atoms with E-state index in [1.807, 2.05) is 4.72 Å². The Labute approximate surface area is 137 Å². The number of aryl methyl sites for hydroxylation is 1. The van der Waals surface area contributed by atoms with Crippen molar-refractivity contribution in [2.75, 3.05) is 4.72 Å². The summed E-state index contributed by atoms with van der Waals surface area (Å²) in [6.45, 7) is 2.87. The van der Waals surface area contributed by atoms with Crippen LogP contribution >= 0.6 is 27.3 Å². The molecular formula is C12H9BrF2N2O3S2. The van der Waals surface area contributed by atoms with Crippen LogP contribution in [0.3, 0.4) is 0 Å². The third kappa shape index (κ3) is 3.33. The van der Waals surface area contributed by atoms with Gasteiger partial charge in [0.15, 0.2) is 16.7 Å². The van der Waals surface area contributed by atoms with E-state index in [9.17, 15) is 22.0 Å². The van der Waals surface area contributed by atoms with Crippen LogP contribution in [0.25, 0.3) is 0 Å². The molecule has 0 aliphatic heterocycles. The summed E-state index contributed by atoms with van der Waals surface area (Å²) in [7, 11) is -4.38. The van der Waals surface area contributed by atoms with Gasteiger partial charge in [-0.1, -0.05) is 11.3 Å². The summed E-state index contributed by atoms with van der Waals surface area (Å²) >= 11 is 3.57. The zero-order chi connectivity index (χ0) is 16.7. The number of Topliss-reactive ketones (excluding diaryl/α,β-unsaturated/α-hetero) is 1. The predicted octanol–water partition coefficient (Wildman–Crippen LogP) is 3.50. The molecule has 0 saturated heterocycles. The van der Waals surface area contributed by atoms with Crippen LogP contribution < -0.4 is 4.72 Å². The van der Waals surface area contributed by atoms with Crippen molar-refractivity contribution in [2.45, 2.75) is 18.7 Å². The first-order valence-corrected chi connectivity index (χ1v) is 8.87. The lowest BCUT2D eigenvalue weighted by molar-refractivity contribution is 0.102. The van der Waals surface area contributed by atoms with E-state index in [1.165, 1.54) is 6.92 Å². The van der Waals surface area contributed by atoms with Crippen molar-refractivity contribution in [3.05, 3.63) is 38.8 Å². The zero-order valence-electron chi connectivity index (χ0n) is 11.3. The molecule has 2 rings (SSSR count). The molecule has 1 heterocycles. The van der Waals surface area contributed by atoms with Gasteiger partial charge in [0, 0.05) is 6.92 Å². The zero-order valence-corrected chi connectivity index (χ0v) is 14.5. The summed E-state index contributed by atoms with van der Waals surface area (Å²) in [6, 6.07) is 1.38. The highest BCUT2D eigenvalue weighted by molar-refractivity contribution is 9.10. The molecule has 0 atom stereocenters. The SMILES string of the molecule is CC(=O)c1sc(NS(=O)(=O)c2cc(F)cc(Br)c2F)nc1C. The van der Waals surface area contributed by atoms with Crippen LogP contribution in [0.5, 0.6) is 0 Å². The highest BCUT2D eigenvalue weighted by Gasteiger charge is 2.24. The average molecular weight is 411 g/mol. The van der Waals surface area contributed by atoms with Gasteiger partial charge in [0.05, 0.1) is 15.0 Å². The van der Waals surface area contributed by atoms with Gasteiger partial charge < -0.3 is 0 Å². The lowest BCUT2D eigenvalue weighted by Crippen LogP contribution is -2.15. The van der Waals surface area contributed by atoms with Gasteiger partial charge in [-0.25, -0.2) is 22.2 Å². The number of carbonyl (C=O) groups is 1. The van der Waals surface area contributed by atoms with Crippen LogP contribution in [0.1, 0.15) is 22.3 Å². The fourth-order valence-corrected chi connectivity index (χ4v) is 4.44. The molecule has 1 N–H and O–H groups in total. The monoisotopic (exact) mass is 410 g/mol. The van der Waals surface area contributed by atoms with Crippen molar-refractivity contribution in [2.24, 2.45) is 0 Å². The largest absolute Gasteiger partial charge is 0.294 e. The summed E-state index contributed by atoms with van der Waals surface area (Å²) in [6.07, 6.45) is 0. The summed E-state index contributed by atoms with van der Waals surface area (Å²) in [5, 5.41) is -0.0949. The molecule has 118 valence electrons. The van der Waals surface area contributed by atoms with Gasteiger partial charge in [0.2, 0.25) is 0 Å². The summed E-state index contributed by atoms with van der Waals surface area (Å²) < 4.78 is 53.2. The number of hydrogen-bond acceptors (Lipinski definition) is 5. The molecule has 1 aromatic carbocycles. The first-order valence-electron chi connectivity index (χ1n) is 5.77. The van der Waals surface area contributed by atoms with Crippen LogP contribution in [-0.4, -0.2) is 19.2 Å². The standard InChI is InChI=1S/C12H9BrF2N2O3S2/c1-5-11(6(2)18)21-12(16-5)17-22(19,20)9-4-7(14)3-8(13)10(9)15/h3-4H,1-2H3,(H,16,17). The van der Waals surface area contributed by atoms with Gasteiger partial charge in [-0.15, -0.1) is 0 Å². The minimum Gasteiger partial charge on any atom is -0.294 e. The Bertz CT molecular complexity index is 865. The van der Waals surface area contributed by atoms with E-state index in [4.69, 9.17) is 0 Å². The van der Waals surface area contributed by atoms with Crippen LogP contribution in [0.4, 0.5) is 13.9 Å². The van der Waals surface area contributed by atoms with Gasteiger partial charge in [-0.2, -0.15) is 0 Å². The molecule has 5 nitrogen and oxygen atoms in total. The van der Waals surface area contributed by atoms with Crippen molar-refractivity contribution in [1.82, 2.24) is 4.98 Å². The maximum absolute atomic E-state index is 13.9. The number of halogens is 3. The number of carbonyl (C=O) groups excluding carboxylic acids is 1. The maximum Gasteiger partial charge on any atom is 0.266 e. The van der Waals surface area contributed by atoms with Crippen LogP contribution in [0.2, 0.25) is 0 Å². The maximum atomic E-state index is 13.9. The number of ketones is 1. The number of sulfonamides is 1. The molecule has 1 aromatic heterocycles. The molecule has 0 radical (unpaired) electrons. The van der Waals surface area contributed by atoms with Crippen LogP contribution in [0, 0.1) is 18.6 Å². The molecule has 0 amide bonds. The summed E-state index contributed by atoms with van der Waals surface area (Å²) in [5.41, 5.74) is 0.357. The molecule has 22 heavy (non-hydrogen) atoms. The molecule has 0 fully saturated rings. The Balaban J connectivity index is 2.45.